The van der Waals surface area contributed by atoms with E-state index in [0.717, 1.165) is 24.2 Å². The minimum Gasteiger partial charge on any atom is -0.493 e. The van der Waals surface area contributed by atoms with Gasteiger partial charge in [-0.25, -0.2) is 0 Å². The van der Waals surface area contributed by atoms with Crippen molar-refractivity contribution in [1.82, 2.24) is 14.9 Å². The van der Waals surface area contributed by atoms with Crippen molar-refractivity contribution in [2.45, 2.75) is 26.4 Å². The minimum atomic E-state index is 0.145. The molecule has 1 N–H and O–H groups in total. The van der Waals surface area contributed by atoms with Crippen LogP contribution in [-0.4, -0.2) is 28.2 Å². The van der Waals surface area contributed by atoms with Gasteiger partial charge in [-0.1, -0.05) is 41.7 Å². The molecular weight excluding hydrogens is 467 g/mol. The maximum Gasteiger partial charge on any atom is 0.216 e. The maximum atomic E-state index is 6.24. The number of aromatic nitrogens is 3. The molecule has 0 aliphatic carbocycles. The second-order valence-corrected chi connectivity index (χ2v) is 7.85. The Bertz CT molecular complexity index is 1130. The van der Waals surface area contributed by atoms with E-state index >= 15 is 0 Å². The molecule has 10 heteroatoms. The Balaban J connectivity index is 1.80. The molecule has 1 heterocycles. The van der Waals surface area contributed by atoms with Crippen LogP contribution in [0.2, 0.25) is 15.1 Å². The summed E-state index contributed by atoms with van der Waals surface area (Å²) in [5.74, 6) is 1.85. The maximum absolute atomic E-state index is 6.24. The van der Waals surface area contributed by atoms with Crippen LogP contribution in [0.3, 0.4) is 0 Å². The lowest BCUT2D eigenvalue weighted by Gasteiger charge is -2.13. The SMILES string of the molecule is CCCc1n[nH]c(=S)n1/N=C/c1ccc(OCc2c(Cl)ccc(Cl)c2Cl)c(OC)c1. The van der Waals surface area contributed by atoms with Gasteiger partial charge in [0.25, 0.3) is 0 Å². The molecule has 0 aliphatic heterocycles. The molecule has 6 nitrogen and oxygen atoms in total. The summed E-state index contributed by atoms with van der Waals surface area (Å²) in [7, 11) is 1.56. The van der Waals surface area contributed by atoms with Crippen LogP contribution >= 0.6 is 47.0 Å². The Kier molecular flexibility index (Phi) is 7.77. The number of benzene rings is 2. The van der Waals surface area contributed by atoms with Gasteiger partial charge < -0.3 is 9.47 Å². The predicted molar refractivity (Wildman–Crippen MR) is 123 cm³/mol. The van der Waals surface area contributed by atoms with E-state index in [1.807, 2.05) is 12.1 Å². The molecule has 30 heavy (non-hydrogen) atoms. The van der Waals surface area contributed by atoms with Crippen LogP contribution in [0.25, 0.3) is 0 Å². The van der Waals surface area contributed by atoms with Gasteiger partial charge in [-0.2, -0.15) is 14.9 Å². The highest BCUT2D eigenvalue weighted by Crippen LogP contribution is 2.34. The van der Waals surface area contributed by atoms with Crippen LogP contribution in [0.15, 0.2) is 35.4 Å². The van der Waals surface area contributed by atoms with Crippen LogP contribution in [0, 0.1) is 4.77 Å². The molecule has 0 saturated carbocycles. The summed E-state index contributed by atoms with van der Waals surface area (Å²) in [5, 5.41) is 12.7. The first-order valence-corrected chi connectivity index (χ1v) is 10.6. The Morgan fingerprint density at radius 1 is 1.17 bits per heavy atom. The average molecular weight is 486 g/mol. The Labute approximate surface area is 194 Å². The van der Waals surface area contributed by atoms with Crippen LogP contribution < -0.4 is 9.47 Å². The number of methoxy groups -OCH3 is 1. The zero-order valence-electron chi connectivity index (χ0n) is 16.3. The highest BCUT2D eigenvalue weighted by atomic mass is 35.5. The highest BCUT2D eigenvalue weighted by Gasteiger charge is 2.12. The molecule has 0 bridgehead atoms. The van der Waals surface area contributed by atoms with Gasteiger partial charge in [-0.05, 0) is 54.5 Å². The molecule has 3 rings (SSSR count). The molecule has 0 fully saturated rings. The summed E-state index contributed by atoms with van der Waals surface area (Å²) in [5.41, 5.74) is 1.42. The summed E-state index contributed by atoms with van der Waals surface area (Å²) in [6.45, 7) is 2.21. The van der Waals surface area contributed by atoms with Gasteiger partial charge in [0.2, 0.25) is 4.77 Å². The third kappa shape index (κ3) is 5.16. The van der Waals surface area contributed by atoms with Crippen molar-refractivity contribution in [1.29, 1.82) is 0 Å². The third-order valence-corrected chi connectivity index (χ3v) is 5.67. The zero-order valence-corrected chi connectivity index (χ0v) is 19.4. The summed E-state index contributed by atoms with van der Waals surface area (Å²) in [6, 6.07) is 8.77. The first kappa shape index (κ1) is 22.6. The molecule has 0 amide bonds. The number of halogens is 3. The minimum absolute atomic E-state index is 0.145. The molecule has 158 valence electrons. The fourth-order valence-electron chi connectivity index (χ4n) is 2.69. The van der Waals surface area contributed by atoms with Gasteiger partial charge in [-0.3, -0.25) is 5.10 Å². The Hall–Kier alpha value is -2.06. The smallest absolute Gasteiger partial charge is 0.216 e. The molecule has 0 saturated heterocycles. The molecule has 0 aliphatic rings. The first-order chi connectivity index (χ1) is 14.4. The van der Waals surface area contributed by atoms with E-state index < -0.39 is 0 Å². The zero-order chi connectivity index (χ0) is 21.7. The number of rotatable bonds is 8. The van der Waals surface area contributed by atoms with E-state index in [1.165, 1.54) is 0 Å². The molecule has 0 radical (unpaired) electrons. The average Bonchev–Trinajstić information content (AvgIpc) is 3.09. The fraction of sp³-hybridized carbons (Fsp3) is 0.250. The number of nitrogens with one attached hydrogen (secondary N) is 1. The summed E-state index contributed by atoms with van der Waals surface area (Å²) in [4.78, 5) is 0. The van der Waals surface area contributed by atoms with Gasteiger partial charge >= 0.3 is 0 Å². The highest BCUT2D eigenvalue weighted by molar-refractivity contribution is 7.71. The molecule has 0 atom stereocenters. The topological polar surface area (TPSA) is 64.4 Å². The van der Waals surface area contributed by atoms with Crippen LogP contribution in [0.5, 0.6) is 11.5 Å². The second kappa shape index (κ2) is 10.3. The normalized spacial score (nSPS) is 11.2. The van der Waals surface area contributed by atoms with Gasteiger partial charge in [0.05, 0.1) is 23.4 Å². The fourth-order valence-corrected chi connectivity index (χ4v) is 3.54. The van der Waals surface area contributed by atoms with Crippen LogP contribution in [-0.2, 0) is 13.0 Å². The van der Waals surface area contributed by atoms with Gasteiger partial charge in [-0.15, -0.1) is 0 Å². The lowest BCUT2D eigenvalue weighted by Crippen LogP contribution is -2.01. The molecule has 0 spiro atoms. The lowest BCUT2D eigenvalue weighted by molar-refractivity contribution is 0.284. The summed E-state index contributed by atoms with van der Waals surface area (Å²) >= 11 is 23.8. The van der Waals surface area contributed by atoms with Crippen molar-refractivity contribution in [3.05, 3.63) is 67.1 Å². The van der Waals surface area contributed by atoms with Crippen molar-refractivity contribution >= 4 is 53.2 Å². The van der Waals surface area contributed by atoms with Crippen molar-refractivity contribution in [3.63, 3.8) is 0 Å². The van der Waals surface area contributed by atoms with Gasteiger partial charge in [0, 0.05) is 17.0 Å². The number of aromatic amines is 1. The standard InChI is InChI=1S/C20H19Cl3N4O2S/c1-3-4-18-25-26-20(30)27(18)24-10-12-5-8-16(17(9-12)28-2)29-11-13-14(21)6-7-15(22)19(13)23/h5-10H,3-4,11H2,1-2H3,(H,26,30)/b24-10+. The molecule has 1 aromatic heterocycles. The molecule has 3 aromatic rings. The van der Waals surface area contributed by atoms with Crippen LogP contribution in [0.4, 0.5) is 0 Å². The number of aryl methyl sites for hydroxylation is 1. The number of ether oxygens (including phenoxy) is 2. The van der Waals surface area contributed by atoms with E-state index in [0.29, 0.717) is 36.9 Å². The number of hydrogen-bond acceptors (Lipinski definition) is 5. The third-order valence-electron chi connectivity index (χ3n) is 4.21. The largest absolute Gasteiger partial charge is 0.493 e. The monoisotopic (exact) mass is 484 g/mol. The molecular formula is C20H19Cl3N4O2S. The number of nitrogens with zero attached hydrogens (tertiary/aromatic N) is 3. The van der Waals surface area contributed by atoms with E-state index in [9.17, 15) is 0 Å². The van der Waals surface area contributed by atoms with Crippen molar-refractivity contribution < 1.29 is 9.47 Å². The lowest BCUT2D eigenvalue weighted by atomic mass is 10.2. The molecule has 0 unspecified atom stereocenters. The summed E-state index contributed by atoms with van der Waals surface area (Å²) < 4.78 is 13.4. The Morgan fingerprint density at radius 2 is 1.93 bits per heavy atom. The quantitative estimate of drug-likeness (QED) is 0.230. The Morgan fingerprint density at radius 3 is 2.67 bits per heavy atom. The predicted octanol–water partition coefficient (Wildman–Crippen LogP) is 6.32. The van der Waals surface area contributed by atoms with Crippen molar-refractivity contribution in [2.24, 2.45) is 5.10 Å². The first-order valence-electron chi connectivity index (χ1n) is 9.08. The van der Waals surface area contributed by atoms with Gasteiger partial charge in [0.1, 0.15) is 6.61 Å². The van der Waals surface area contributed by atoms with E-state index in [1.54, 1.807) is 36.2 Å². The van der Waals surface area contributed by atoms with E-state index in [-0.39, 0.29) is 6.61 Å². The summed E-state index contributed by atoms with van der Waals surface area (Å²) in [6.07, 6.45) is 3.40. The number of hydrogen-bond donors (Lipinski definition) is 1. The van der Waals surface area contributed by atoms with E-state index in [4.69, 9.17) is 56.5 Å². The van der Waals surface area contributed by atoms with Crippen LogP contribution in [0.1, 0.15) is 30.3 Å². The number of H-pyrrole nitrogens is 1. The van der Waals surface area contributed by atoms with E-state index in [2.05, 4.69) is 22.2 Å². The van der Waals surface area contributed by atoms with Gasteiger partial charge in [0.15, 0.2) is 17.3 Å². The molecule has 2 aromatic carbocycles. The van der Waals surface area contributed by atoms with Crippen molar-refractivity contribution in [3.8, 4) is 11.5 Å². The second-order valence-electron chi connectivity index (χ2n) is 6.27. The van der Waals surface area contributed by atoms with Crippen molar-refractivity contribution in [2.75, 3.05) is 7.11 Å².